The van der Waals surface area contributed by atoms with Gasteiger partial charge in [-0.15, -0.1) is 0 Å². The molecule has 0 atom stereocenters. The summed E-state index contributed by atoms with van der Waals surface area (Å²) in [5.74, 6) is 2.68. The minimum absolute atomic E-state index is 0. The molecule has 2 heterocycles. The molecule has 0 unspecified atom stereocenters. The quantitative estimate of drug-likeness (QED) is 0.336. The number of aromatic amines is 2. The summed E-state index contributed by atoms with van der Waals surface area (Å²) < 4.78 is 4.36. The van der Waals surface area contributed by atoms with Crippen LogP contribution in [0.2, 0.25) is 0 Å². The summed E-state index contributed by atoms with van der Waals surface area (Å²) in [6.07, 6.45) is 20.0. The largest absolute Gasteiger partial charge is 1.00 e. The Balaban J connectivity index is 0.00000242. The molecule has 0 bridgehead atoms. The number of halogens is 2. The van der Waals surface area contributed by atoms with Crippen molar-refractivity contribution in [1.29, 1.82) is 0 Å². The number of nitrogens with zero attached hydrogens (tertiary/aromatic N) is 2. The summed E-state index contributed by atoms with van der Waals surface area (Å²) in [5, 5.41) is 0. The van der Waals surface area contributed by atoms with Gasteiger partial charge in [-0.25, -0.2) is 19.1 Å². The lowest BCUT2D eigenvalue weighted by molar-refractivity contribution is -0.678. The zero-order valence-electron chi connectivity index (χ0n) is 14.3. The fourth-order valence-corrected chi connectivity index (χ4v) is 2.84. The van der Waals surface area contributed by atoms with Crippen molar-refractivity contribution < 1.29 is 18.5 Å². The van der Waals surface area contributed by atoms with Crippen LogP contribution in [0.4, 0.5) is 0 Å². The lowest BCUT2D eigenvalue weighted by Gasteiger charge is -2.01. The molecule has 2 aromatic heterocycles. The molecular weight excluding hydrogens is 298 g/mol. The van der Waals surface area contributed by atoms with E-state index in [1.807, 2.05) is 12.4 Å². The van der Waals surface area contributed by atoms with Crippen LogP contribution in [-0.4, -0.2) is 9.97 Å². The summed E-state index contributed by atoms with van der Waals surface area (Å²) in [7, 11) is 4.21. The molecular formula is C17H30F2N4. The first-order valence-corrected chi connectivity index (χ1v) is 8.31. The molecule has 0 aliphatic carbocycles. The maximum atomic E-state index is 3.30. The third-order valence-electron chi connectivity index (χ3n) is 4.27. The molecule has 132 valence electrons. The number of aryl methyl sites for hydroxylation is 4. The molecule has 2 N–H and O–H groups in total. The van der Waals surface area contributed by atoms with Gasteiger partial charge < -0.3 is 9.41 Å². The third-order valence-corrected chi connectivity index (χ3v) is 4.27. The second kappa shape index (κ2) is 11.8. The maximum absolute atomic E-state index is 3.30. The SMILES string of the molecule is C[n+]1cc[nH]c1CCCCCCCCCc1[nH]cc[n+]1C.[F-].[F-]. The van der Waals surface area contributed by atoms with Crippen LogP contribution in [-0.2, 0) is 26.9 Å². The van der Waals surface area contributed by atoms with Gasteiger partial charge in [-0.1, -0.05) is 32.1 Å². The standard InChI is InChI=1S/C17H28N4.2FH/c1-20-14-12-18-16(20)10-8-6-4-3-5-7-9-11-17-19-13-15-21(17)2;;/h12-15H,3-11H2,1-2H3;2*1H. The molecule has 0 aliphatic rings. The van der Waals surface area contributed by atoms with Crippen molar-refractivity contribution in [2.75, 3.05) is 0 Å². The van der Waals surface area contributed by atoms with E-state index in [9.17, 15) is 0 Å². The van der Waals surface area contributed by atoms with Crippen molar-refractivity contribution in [1.82, 2.24) is 9.97 Å². The Labute approximate surface area is 137 Å². The Morgan fingerprint density at radius 2 is 1.00 bits per heavy atom. The molecule has 0 spiro atoms. The highest BCUT2D eigenvalue weighted by molar-refractivity contribution is 4.77. The van der Waals surface area contributed by atoms with E-state index < -0.39 is 0 Å². The Bertz CT molecular complexity index is 476. The van der Waals surface area contributed by atoms with E-state index in [-0.39, 0.29) is 9.41 Å². The molecule has 6 heteroatoms. The van der Waals surface area contributed by atoms with Crippen LogP contribution in [0.15, 0.2) is 24.8 Å². The van der Waals surface area contributed by atoms with Gasteiger partial charge in [0.25, 0.3) is 11.6 Å². The number of aromatic nitrogens is 4. The Hall–Kier alpha value is -1.72. The number of unbranched alkanes of at least 4 members (excludes halogenated alkanes) is 6. The molecule has 0 aromatic carbocycles. The fourth-order valence-electron chi connectivity index (χ4n) is 2.84. The normalized spacial score (nSPS) is 10.2. The Morgan fingerprint density at radius 1 is 0.652 bits per heavy atom. The highest BCUT2D eigenvalue weighted by atomic mass is 19.0. The smallest absolute Gasteiger partial charge is 0.253 e. The van der Waals surface area contributed by atoms with E-state index in [1.165, 1.54) is 69.4 Å². The van der Waals surface area contributed by atoms with Crippen molar-refractivity contribution in [3.05, 3.63) is 36.4 Å². The molecule has 0 saturated heterocycles. The summed E-state index contributed by atoms with van der Waals surface area (Å²) >= 11 is 0. The monoisotopic (exact) mass is 328 g/mol. The topological polar surface area (TPSA) is 39.3 Å². The number of rotatable bonds is 10. The summed E-state index contributed by atoms with van der Waals surface area (Å²) in [5.41, 5.74) is 0. The van der Waals surface area contributed by atoms with E-state index in [0.29, 0.717) is 0 Å². The first-order chi connectivity index (χ1) is 10.3. The first kappa shape index (κ1) is 21.3. The molecule has 0 aliphatic heterocycles. The van der Waals surface area contributed by atoms with Crippen LogP contribution in [0.1, 0.15) is 56.6 Å². The second-order valence-electron chi connectivity index (χ2n) is 6.01. The Kier molecular flexibility index (Phi) is 10.9. The van der Waals surface area contributed by atoms with Gasteiger partial charge in [0, 0.05) is 12.8 Å². The minimum atomic E-state index is 0. The van der Waals surface area contributed by atoms with E-state index >= 15 is 0 Å². The van der Waals surface area contributed by atoms with E-state index in [2.05, 4.69) is 45.6 Å². The zero-order valence-corrected chi connectivity index (χ0v) is 14.3. The molecule has 4 nitrogen and oxygen atoms in total. The molecule has 0 saturated carbocycles. The van der Waals surface area contributed by atoms with Crippen LogP contribution < -0.4 is 18.5 Å². The van der Waals surface area contributed by atoms with Gasteiger partial charge in [-0.3, -0.25) is 0 Å². The van der Waals surface area contributed by atoms with Gasteiger partial charge >= 0.3 is 0 Å². The number of hydrogen-bond acceptors (Lipinski definition) is 0. The zero-order chi connectivity index (χ0) is 14.9. The van der Waals surface area contributed by atoms with Crippen molar-refractivity contribution in [2.45, 2.75) is 57.8 Å². The highest BCUT2D eigenvalue weighted by Gasteiger charge is 2.06. The van der Waals surface area contributed by atoms with E-state index in [4.69, 9.17) is 0 Å². The summed E-state index contributed by atoms with van der Waals surface area (Å²) in [6, 6.07) is 0. The summed E-state index contributed by atoms with van der Waals surface area (Å²) in [6.45, 7) is 0. The number of H-pyrrole nitrogens is 2. The number of hydrogen-bond donors (Lipinski definition) is 2. The van der Waals surface area contributed by atoms with Gasteiger partial charge in [0.2, 0.25) is 0 Å². The third kappa shape index (κ3) is 7.39. The van der Waals surface area contributed by atoms with E-state index in [0.717, 1.165) is 0 Å². The molecule has 2 rings (SSSR count). The first-order valence-electron chi connectivity index (χ1n) is 8.31. The second-order valence-corrected chi connectivity index (χ2v) is 6.01. The predicted octanol–water partition coefficient (Wildman–Crippen LogP) is -3.48. The van der Waals surface area contributed by atoms with Crippen molar-refractivity contribution in [3.8, 4) is 0 Å². The minimum Gasteiger partial charge on any atom is -1.00 e. The molecule has 0 fully saturated rings. The number of imidazole rings is 2. The number of nitrogens with one attached hydrogen (secondary N) is 2. The van der Waals surface area contributed by atoms with Gasteiger partial charge in [-0.05, 0) is 12.8 Å². The fraction of sp³-hybridized carbons (Fsp3) is 0.647. The van der Waals surface area contributed by atoms with Crippen LogP contribution in [0.5, 0.6) is 0 Å². The molecule has 2 aromatic rings. The average Bonchev–Trinajstić information content (AvgIpc) is 3.06. The van der Waals surface area contributed by atoms with Gasteiger partial charge in [0.15, 0.2) is 0 Å². The van der Waals surface area contributed by atoms with Crippen LogP contribution in [0.25, 0.3) is 0 Å². The lowest BCUT2D eigenvalue weighted by atomic mass is 10.1. The predicted molar refractivity (Wildman–Crippen MR) is 83.7 cm³/mol. The van der Waals surface area contributed by atoms with Crippen LogP contribution >= 0.6 is 0 Å². The molecule has 0 amide bonds. The lowest BCUT2D eigenvalue weighted by Crippen LogP contribution is -3.00. The summed E-state index contributed by atoms with van der Waals surface area (Å²) in [4.78, 5) is 6.60. The van der Waals surface area contributed by atoms with Crippen molar-refractivity contribution in [3.63, 3.8) is 0 Å². The van der Waals surface area contributed by atoms with Crippen molar-refractivity contribution in [2.24, 2.45) is 14.1 Å². The van der Waals surface area contributed by atoms with Gasteiger partial charge in [0.05, 0.1) is 14.1 Å². The van der Waals surface area contributed by atoms with Gasteiger partial charge in [0.1, 0.15) is 24.8 Å². The average molecular weight is 328 g/mol. The molecule has 0 radical (unpaired) electrons. The molecule has 23 heavy (non-hydrogen) atoms. The van der Waals surface area contributed by atoms with Crippen molar-refractivity contribution >= 4 is 0 Å². The maximum Gasteiger partial charge on any atom is 0.253 e. The van der Waals surface area contributed by atoms with Crippen LogP contribution in [0, 0.1) is 0 Å². The van der Waals surface area contributed by atoms with Gasteiger partial charge in [-0.2, -0.15) is 0 Å². The van der Waals surface area contributed by atoms with Crippen LogP contribution in [0.3, 0.4) is 0 Å². The van der Waals surface area contributed by atoms with E-state index in [1.54, 1.807) is 0 Å². The highest BCUT2D eigenvalue weighted by Crippen LogP contribution is 2.09. The Morgan fingerprint density at radius 3 is 1.30 bits per heavy atom.